The second kappa shape index (κ2) is 10.3. The Morgan fingerprint density at radius 1 is 1.03 bits per heavy atom. The van der Waals surface area contributed by atoms with E-state index in [0.29, 0.717) is 16.7 Å². The lowest BCUT2D eigenvalue weighted by Gasteiger charge is -2.22. The topological polar surface area (TPSA) is 84.3 Å². The number of halogens is 1. The van der Waals surface area contributed by atoms with Gasteiger partial charge >= 0.3 is 0 Å². The number of hydrogen-bond acceptors (Lipinski definition) is 5. The summed E-state index contributed by atoms with van der Waals surface area (Å²) in [6.45, 7) is 13.5. The third-order valence-corrected chi connectivity index (χ3v) is 7.07. The molecule has 0 aliphatic carbocycles. The zero-order valence-electron chi connectivity index (χ0n) is 21.1. The van der Waals surface area contributed by atoms with Gasteiger partial charge in [0, 0.05) is 18.2 Å². The Labute approximate surface area is 197 Å². The normalized spacial score (nSPS) is 13.4. The molecule has 1 amide bonds. The summed E-state index contributed by atoms with van der Waals surface area (Å²) in [4.78, 5) is 14.8. The van der Waals surface area contributed by atoms with Crippen LogP contribution in [0.15, 0.2) is 23.2 Å². The first kappa shape index (κ1) is 27.0. The van der Waals surface area contributed by atoms with E-state index < -0.39 is 15.9 Å². The first-order chi connectivity index (χ1) is 15.2. The van der Waals surface area contributed by atoms with Gasteiger partial charge in [0.25, 0.3) is 10.0 Å². The predicted molar refractivity (Wildman–Crippen MR) is 128 cm³/mol. The first-order valence-corrected chi connectivity index (χ1v) is 12.8. The summed E-state index contributed by atoms with van der Waals surface area (Å²) in [6, 6.07) is 4.24. The molecule has 1 unspecified atom stereocenters. The molecule has 0 saturated heterocycles. The quantitative estimate of drug-likeness (QED) is 0.570. The molecule has 1 aromatic carbocycles. The minimum atomic E-state index is -4.17. The summed E-state index contributed by atoms with van der Waals surface area (Å²) in [5, 5.41) is 4.09. The van der Waals surface area contributed by atoms with Crippen molar-refractivity contribution < 1.29 is 17.6 Å². The van der Waals surface area contributed by atoms with Gasteiger partial charge < -0.3 is 4.90 Å². The van der Waals surface area contributed by atoms with Crippen LogP contribution in [0.1, 0.15) is 94.8 Å². The molecule has 0 radical (unpaired) electrons. The summed E-state index contributed by atoms with van der Waals surface area (Å²) < 4.78 is 44.1. The molecule has 0 aliphatic rings. The molecule has 2 rings (SSSR count). The molecule has 0 aliphatic heterocycles. The van der Waals surface area contributed by atoms with Gasteiger partial charge in [-0.05, 0) is 75.5 Å². The van der Waals surface area contributed by atoms with Gasteiger partial charge in [0.1, 0.15) is 5.82 Å². The molecule has 1 N–H and O–H groups in total. The molecular weight excluding hydrogens is 443 g/mol. The van der Waals surface area contributed by atoms with Gasteiger partial charge in [-0.15, -0.1) is 0 Å². The lowest BCUT2D eigenvalue weighted by Crippen LogP contribution is -2.32. The molecule has 2 aromatic rings. The van der Waals surface area contributed by atoms with E-state index in [1.165, 1.54) is 18.2 Å². The fourth-order valence-electron chi connectivity index (χ4n) is 3.82. The summed E-state index contributed by atoms with van der Waals surface area (Å²) in [7, 11) is -0.368. The summed E-state index contributed by atoms with van der Waals surface area (Å²) in [5.74, 6) is -1.07. The molecule has 184 valence electrons. The van der Waals surface area contributed by atoms with Gasteiger partial charge in [-0.25, -0.2) is 9.11 Å². The van der Waals surface area contributed by atoms with E-state index in [0.717, 1.165) is 5.69 Å². The van der Waals surface area contributed by atoms with Crippen LogP contribution in [-0.4, -0.2) is 43.1 Å². The Hall–Kier alpha value is -2.26. The second-order valence-corrected chi connectivity index (χ2v) is 11.3. The van der Waals surface area contributed by atoms with Gasteiger partial charge in [0.05, 0.1) is 12.1 Å². The third kappa shape index (κ3) is 6.20. The highest BCUT2D eigenvalue weighted by Gasteiger charge is 2.27. The highest BCUT2D eigenvalue weighted by molar-refractivity contribution is 7.90. The molecular formula is C24H37FN4O3S. The molecule has 9 heteroatoms. The van der Waals surface area contributed by atoms with Crippen molar-refractivity contribution >= 4 is 15.9 Å². The average Bonchev–Trinajstić information content (AvgIpc) is 3.14. The molecule has 33 heavy (non-hydrogen) atoms. The molecule has 1 atom stereocenters. The Morgan fingerprint density at radius 3 is 1.97 bits per heavy atom. The van der Waals surface area contributed by atoms with Gasteiger partial charge in [-0.2, -0.15) is 13.5 Å². The number of aromatic nitrogens is 2. The van der Waals surface area contributed by atoms with Crippen molar-refractivity contribution in [3.05, 3.63) is 46.4 Å². The standard InChI is InChI=1S/C24H37FN4O3S/c1-14(2)19-10-18(25)11-20(15(3)4)21(19)12-23(30)27-33(31,32)24-13-22(17(7)28(8)9)29(26-24)16(5)6/h10-11,13-17H,12H2,1-9H3,(H,27,30). The maximum atomic E-state index is 14.2. The van der Waals surface area contributed by atoms with Gasteiger partial charge in [-0.1, -0.05) is 27.7 Å². The fraction of sp³-hybridized carbons (Fsp3) is 0.583. The number of sulfonamides is 1. The SMILES string of the molecule is CC(C)c1cc(F)cc(C(C)C)c1CC(=O)NS(=O)(=O)c1cc(C(C)N(C)C)n(C(C)C)n1. The minimum absolute atomic E-state index is 0.0190. The van der Waals surface area contributed by atoms with Gasteiger partial charge in [-0.3, -0.25) is 9.48 Å². The third-order valence-electron chi connectivity index (χ3n) is 5.82. The highest BCUT2D eigenvalue weighted by Crippen LogP contribution is 2.30. The van der Waals surface area contributed by atoms with Crippen molar-refractivity contribution in [2.75, 3.05) is 14.1 Å². The van der Waals surface area contributed by atoms with E-state index >= 15 is 0 Å². The van der Waals surface area contributed by atoms with Crippen molar-refractivity contribution in [3.63, 3.8) is 0 Å². The van der Waals surface area contributed by atoms with Gasteiger partial charge in [0.2, 0.25) is 5.91 Å². The number of carbonyl (C=O) groups is 1. The average molecular weight is 481 g/mol. The number of carbonyl (C=O) groups excluding carboxylic acids is 1. The Balaban J connectivity index is 2.40. The molecule has 1 heterocycles. The van der Waals surface area contributed by atoms with E-state index in [2.05, 4.69) is 9.82 Å². The molecule has 7 nitrogen and oxygen atoms in total. The van der Waals surface area contributed by atoms with Crippen LogP contribution in [-0.2, 0) is 21.2 Å². The monoisotopic (exact) mass is 480 g/mol. The van der Waals surface area contributed by atoms with Crippen molar-refractivity contribution in [2.45, 2.75) is 83.8 Å². The number of nitrogens with one attached hydrogen (secondary N) is 1. The van der Waals surface area contributed by atoms with Gasteiger partial charge in [0.15, 0.2) is 5.03 Å². The number of amides is 1. The summed E-state index contributed by atoms with van der Waals surface area (Å²) in [6.07, 6.45) is -0.160. The zero-order valence-corrected chi connectivity index (χ0v) is 21.9. The van der Waals surface area contributed by atoms with Crippen LogP contribution < -0.4 is 4.72 Å². The van der Waals surface area contributed by atoms with Crippen molar-refractivity contribution in [2.24, 2.45) is 0 Å². The Kier molecular flexibility index (Phi) is 8.46. The minimum Gasteiger partial charge on any atom is -0.301 e. The number of nitrogens with zero attached hydrogens (tertiary/aromatic N) is 3. The maximum absolute atomic E-state index is 14.2. The van der Waals surface area contributed by atoms with Crippen LogP contribution in [0.4, 0.5) is 4.39 Å². The van der Waals surface area contributed by atoms with E-state index in [1.807, 2.05) is 67.5 Å². The lowest BCUT2D eigenvalue weighted by molar-refractivity contribution is -0.118. The molecule has 0 fully saturated rings. The summed E-state index contributed by atoms with van der Waals surface area (Å²) in [5.41, 5.74) is 2.82. The lowest BCUT2D eigenvalue weighted by atomic mass is 9.87. The predicted octanol–water partition coefficient (Wildman–Crippen LogP) is 4.52. The highest BCUT2D eigenvalue weighted by atomic mass is 32.2. The van der Waals surface area contributed by atoms with Crippen LogP contribution in [0.5, 0.6) is 0 Å². The van der Waals surface area contributed by atoms with Crippen molar-refractivity contribution in [1.29, 1.82) is 0 Å². The first-order valence-electron chi connectivity index (χ1n) is 11.3. The Bertz CT molecular complexity index is 1080. The fourth-order valence-corrected chi connectivity index (χ4v) is 4.77. The van der Waals surface area contributed by atoms with E-state index in [9.17, 15) is 17.6 Å². The van der Waals surface area contributed by atoms with Crippen LogP contribution in [0.3, 0.4) is 0 Å². The largest absolute Gasteiger partial charge is 0.301 e. The second-order valence-electron chi connectivity index (χ2n) is 9.66. The van der Waals surface area contributed by atoms with E-state index in [-0.39, 0.29) is 41.2 Å². The summed E-state index contributed by atoms with van der Waals surface area (Å²) >= 11 is 0. The van der Waals surface area contributed by atoms with Crippen molar-refractivity contribution in [1.82, 2.24) is 19.4 Å². The molecule has 0 saturated carbocycles. The number of benzene rings is 1. The zero-order chi connectivity index (χ0) is 25.2. The number of rotatable bonds is 9. The smallest absolute Gasteiger partial charge is 0.283 e. The van der Waals surface area contributed by atoms with E-state index in [1.54, 1.807) is 4.68 Å². The van der Waals surface area contributed by atoms with E-state index in [4.69, 9.17) is 0 Å². The van der Waals surface area contributed by atoms with Crippen LogP contribution in [0.25, 0.3) is 0 Å². The van der Waals surface area contributed by atoms with Crippen LogP contribution in [0.2, 0.25) is 0 Å². The molecule has 0 bridgehead atoms. The molecule has 0 spiro atoms. The Morgan fingerprint density at radius 2 is 1.55 bits per heavy atom. The van der Waals surface area contributed by atoms with Crippen LogP contribution >= 0.6 is 0 Å². The molecule has 1 aromatic heterocycles. The maximum Gasteiger partial charge on any atom is 0.283 e. The van der Waals surface area contributed by atoms with Crippen LogP contribution in [0, 0.1) is 5.82 Å². The van der Waals surface area contributed by atoms with Crippen molar-refractivity contribution in [3.8, 4) is 0 Å². The number of hydrogen-bond donors (Lipinski definition) is 1.